The largest absolute Gasteiger partial charge is 0.340 e. The first-order chi connectivity index (χ1) is 11.9. The Bertz CT molecular complexity index is 800. The maximum atomic E-state index is 11.7. The Kier molecular flexibility index (Phi) is 4.65. The fraction of sp³-hybridized carbons (Fsp3) is 0.333. The third-order valence-corrected chi connectivity index (χ3v) is 4.25. The second kappa shape index (κ2) is 6.88. The third-order valence-electron chi connectivity index (χ3n) is 4.25. The number of benzene rings is 1. The molecule has 0 atom stereocenters. The molecule has 0 unspecified atom stereocenters. The Morgan fingerprint density at radius 1 is 1.36 bits per heavy atom. The fourth-order valence-corrected chi connectivity index (χ4v) is 2.73. The second-order valence-corrected chi connectivity index (χ2v) is 6.31. The topological polar surface area (TPSA) is 88.4 Å². The molecule has 1 N–H and O–H groups in total. The number of anilines is 2. The first-order valence-electron chi connectivity index (χ1n) is 8.18. The van der Waals surface area contributed by atoms with Gasteiger partial charge in [-0.25, -0.2) is 4.98 Å². The van der Waals surface area contributed by atoms with E-state index in [0.29, 0.717) is 24.0 Å². The Labute approximate surface area is 145 Å². The second-order valence-electron chi connectivity index (χ2n) is 6.31. The zero-order chi connectivity index (χ0) is 18.0. The van der Waals surface area contributed by atoms with Gasteiger partial charge >= 0.3 is 0 Å². The summed E-state index contributed by atoms with van der Waals surface area (Å²) in [6.45, 7) is 3.91. The first-order valence-corrected chi connectivity index (χ1v) is 8.18. The van der Waals surface area contributed by atoms with Gasteiger partial charge in [0, 0.05) is 30.8 Å². The van der Waals surface area contributed by atoms with Crippen molar-refractivity contribution in [2.45, 2.75) is 39.3 Å². The van der Waals surface area contributed by atoms with Crippen LogP contribution in [0, 0.1) is 17.0 Å². The maximum absolute atomic E-state index is 11.7. The van der Waals surface area contributed by atoms with Crippen LogP contribution < -0.4 is 5.32 Å². The number of nitrogens with one attached hydrogen (secondary N) is 1. The molecule has 7 heteroatoms. The molecule has 1 heterocycles. The summed E-state index contributed by atoms with van der Waals surface area (Å²) in [5.41, 5.74) is 2.47. The predicted octanol–water partition coefficient (Wildman–Crippen LogP) is 3.55. The number of nitro groups is 1. The first kappa shape index (κ1) is 16.9. The van der Waals surface area contributed by atoms with Gasteiger partial charge in [0.1, 0.15) is 12.0 Å². The number of hydrogen-bond acceptors (Lipinski definition) is 5. The van der Waals surface area contributed by atoms with E-state index in [2.05, 4.69) is 10.3 Å². The van der Waals surface area contributed by atoms with Crippen LogP contribution in [0.1, 0.15) is 30.9 Å². The molecule has 1 amide bonds. The highest BCUT2D eigenvalue weighted by Gasteiger charge is 2.30. The van der Waals surface area contributed by atoms with Crippen LogP contribution >= 0.6 is 0 Å². The number of aryl methyl sites for hydroxylation is 1. The maximum Gasteiger partial charge on any atom is 0.290 e. The van der Waals surface area contributed by atoms with Gasteiger partial charge in [0.05, 0.1) is 4.92 Å². The van der Waals surface area contributed by atoms with Crippen LogP contribution in [-0.4, -0.2) is 26.8 Å². The quantitative estimate of drug-likeness (QED) is 0.642. The standard InChI is InChI=1S/C18H20N4O3/c1-12-9-18(19-10-17(12)22(24)25)20-15-5-3-14(4-6-15)11-21(13(2)23)16-7-8-16/h3-6,9-10,16H,7-8,11H2,1-2H3,(H,19,20). The summed E-state index contributed by atoms with van der Waals surface area (Å²) in [5, 5.41) is 14.0. The van der Waals surface area contributed by atoms with Gasteiger partial charge in [-0.15, -0.1) is 0 Å². The Morgan fingerprint density at radius 3 is 2.56 bits per heavy atom. The molecule has 1 fully saturated rings. The van der Waals surface area contributed by atoms with Gasteiger partial charge in [-0.3, -0.25) is 14.9 Å². The number of carbonyl (C=O) groups is 1. The van der Waals surface area contributed by atoms with Crippen LogP contribution in [0.15, 0.2) is 36.5 Å². The molecular weight excluding hydrogens is 320 g/mol. The molecule has 7 nitrogen and oxygen atoms in total. The summed E-state index contributed by atoms with van der Waals surface area (Å²) in [6.07, 6.45) is 3.43. The highest BCUT2D eigenvalue weighted by molar-refractivity contribution is 5.74. The molecule has 1 aliphatic carbocycles. The van der Waals surface area contributed by atoms with Crippen molar-refractivity contribution in [3.8, 4) is 0 Å². The number of rotatable bonds is 6. The highest BCUT2D eigenvalue weighted by Crippen LogP contribution is 2.29. The minimum Gasteiger partial charge on any atom is -0.340 e. The van der Waals surface area contributed by atoms with Gasteiger partial charge < -0.3 is 10.2 Å². The van der Waals surface area contributed by atoms with Crippen LogP contribution in [0.25, 0.3) is 0 Å². The van der Waals surface area contributed by atoms with Crippen molar-refractivity contribution >= 4 is 23.1 Å². The molecule has 2 aromatic rings. The van der Waals surface area contributed by atoms with E-state index < -0.39 is 4.92 Å². The molecular formula is C18H20N4O3. The van der Waals surface area contributed by atoms with E-state index in [4.69, 9.17) is 0 Å². The summed E-state index contributed by atoms with van der Waals surface area (Å²) in [7, 11) is 0. The van der Waals surface area contributed by atoms with Crippen molar-refractivity contribution < 1.29 is 9.72 Å². The molecule has 0 spiro atoms. The molecule has 0 saturated heterocycles. The number of amides is 1. The third kappa shape index (κ3) is 4.12. The Morgan fingerprint density at radius 2 is 2.04 bits per heavy atom. The van der Waals surface area contributed by atoms with Gasteiger partial charge in [0.15, 0.2) is 0 Å². The van der Waals surface area contributed by atoms with Gasteiger partial charge in [0.2, 0.25) is 5.91 Å². The van der Waals surface area contributed by atoms with Crippen molar-refractivity contribution in [1.82, 2.24) is 9.88 Å². The van der Waals surface area contributed by atoms with E-state index in [1.165, 1.54) is 6.20 Å². The van der Waals surface area contributed by atoms with Crippen molar-refractivity contribution in [2.75, 3.05) is 5.32 Å². The zero-order valence-electron chi connectivity index (χ0n) is 14.2. The van der Waals surface area contributed by atoms with E-state index in [1.54, 1.807) is 19.9 Å². The Balaban J connectivity index is 1.67. The number of carbonyl (C=O) groups excluding carboxylic acids is 1. The summed E-state index contributed by atoms with van der Waals surface area (Å²) >= 11 is 0. The normalized spacial score (nSPS) is 13.4. The molecule has 1 aromatic carbocycles. The number of pyridine rings is 1. The lowest BCUT2D eigenvalue weighted by atomic mass is 10.2. The molecule has 0 radical (unpaired) electrons. The molecule has 1 saturated carbocycles. The summed E-state index contributed by atoms with van der Waals surface area (Å²) in [5.74, 6) is 0.662. The van der Waals surface area contributed by atoms with Crippen molar-refractivity contribution in [1.29, 1.82) is 0 Å². The highest BCUT2D eigenvalue weighted by atomic mass is 16.6. The summed E-state index contributed by atoms with van der Waals surface area (Å²) in [6, 6.07) is 9.81. The van der Waals surface area contributed by atoms with Crippen molar-refractivity contribution in [3.05, 3.63) is 57.8 Å². The average molecular weight is 340 g/mol. The van der Waals surface area contributed by atoms with Crippen LogP contribution in [0.5, 0.6) is 0 Å². The van der Waals surface area contributed by atoms with Crippen LogP contribution in [0.2, 0.25) is 0 Å². The van der Waals surface area contributed by atoms with E-state index in [-0.39, 0.29) is 11.6 Å². The Hall–Kier alpha value is -2.96. The summed E-state index contributed by atoms with van der Waals surface area (Å²) in [4.78, 5) is 28.1. The number of aromatic nitrogens is 1. The monoisotopic (exact) mass is 340 g/mol. The average Bonchev–Trinajstić information content (AvgIpc) is 3.38. The van der Waals surface area contributed by atoms with Crippen molar-refractivity contribution in [3.63, 3.8) is 0 Å². The molecule has 1 aromatic heterocycles. The molecule has 25 heavy (non-hydrogen) atoms. The van der Waals surface area contributed by atoms with Gasteiger partial charge in [-0.05, 0) is 43.5 Å². The van der Waals surface area contributed by atoms with Crippen LogP contribution in [0.3, 0.4) is 0 Å². The zero-order valence-corrected chi connectivity index (χ0v) is 14.2. The van der Waals surface area contributed by atoms with E-state index in [9.17, 15) is 14.9 Å². The molecule has 0 aliphatic heterocycles. The fourth-order valence-electron chi connectivity index (χ4n) is 2.73. The number of hydrogen-bond donors (Lipinski definition) is 1. The van der Waals surface area contributed by atoms with Crippen LogP contribution in [0.4, 0.5) is 17.2 Å². The van der Waals surface area contributed by atoms with Gasteiger partial charge in [-0.2, -0.15) is 0 Å². The van der Waals surface area contributed by atoms with E-state index >= 15 is 0 Å². The minimum atomic E-state index is -0.443. The minimum absolute atomic E-state index is 0.00491. The predicted molar refractivity (Wildman–Crippen MR) is 94.6 cm³/mol. The van der Waals surface area contributed by atoms with E-state index in [1.807, 2.05) is 29.2 Å². The van der Waals surface area contributed by atoms with Gasteiger partial charge in [-0.1, -0.05) is 12.1 Å². The number of nitrogens with zero attached hydrogens (tertiary/aromatic N) is 3. The molecule has 3 rings (SSSR count). The molecule has 130 valence electrons. The smallest absolute Gasteiger partial charge is 0.290 e. The summed E-state index contributed by atoms with van der Waals surface area (Å²) < 4.78 is 0. The van der Waals surface area contributed by atoms with E-state index in [0.717, 1.165) is 24.1 Å². The lowest BCUT2D eigenvalue weighted by molar-refractivity contribution is -0.385. The lowest BCUT2D eigenvalue weighted by Crippen LogP contribution is -2.30. The SMILES string of the molecule is CC(=O)N(Cc1ccc(Nc2cc(C)c([N+](=O)[O-])cn2)cc1)C1CC1. The van der Waals surface area contributed by atoms with Gasteiger partial charge in [0.25, 0.3) is 5.69 Å². The molecule has 1 aliphatic rings. The lowest BCUT2D eigenvalue weighted by Gasteiger charge is -2.20. The molecule has 0 bridgehead atoms. The van der Waals surface area contributed by atoms with Crippen molar-refractivity contribution in [2.24, 2.45) is 0 Å². The van der Waals surface area contributed by atoms with Crippen LogP contribution in [-0.2, 0) is 11.3 Å².